The van der Waals surface area contributed by atoms with Gasteiger partial charge in [0.25, 0.3) is 5.91 Å². The molecule has 0 aliphatic heterocycles. The molecule has 2 N–H and O–H groups in total. The first-order valence-electron chi connectivity index (χ1n) is 10.3. The molecule has 0 radical (unpaired) electrons. The average Bonchev–Trinajstić information content (AvgIpc) is 2.84. The highest BCUT2D eigenvalue weighted by Crippen LogP contribution is 2.15. The topological polar surface area (TPSA) is 79.8 Å². The molecular formula is C25H24ClN3O3S. The monoisotopic (exact) mass is 481 g/mol. The minimum atomic E-state index is -0.193. The number of benzene rings is 3. The predicted molar refractivity (Wildman–Crippen MR) is 134 cm³/mol. The molecule has 0 bridgehead atoms. The molecule has 33 heavy (non-hydrogen) atoms. The van der Waals surface area contributed by atoms with Gasteiger partial charge < -0.3 is 10.1 Å². The van der Waals surface area contributed by atoms with Crippen molar-refractivity contribution in [3.05, 3.63) is 101 Å². The normalized spacial score (nSPS) is 10.7. The molecule has 0 spiro atoms. The third-order valence-corrected chi connectivity index (χ3v) is 5.66. The van der Waals surface area contributed by atoms with Gasteiger partial charge in [-0.3, -0.25) is 9.59 Å². The van der Waals surface area contributed by atoms with E-state index < -0.39 is 0 Å². The van der Waals surface area contributed by atoms with Crippen LogP contribution in [-0.2, 0) is 21.9 Å². The lowest BCUT2D eigenvalue weighted by atomic mass is 10.2. The van der Waals surface area contributed by atoms with Gasteiger partial charge in [-0.1, -0.05) is 54.1 Å². The minimum Gasteiger partial charge on any atom is -0.484 e. The summed E-state index contributed by atoms with van der Waals surface area (Å²) in [7, 11) is 0. The Balaban J connectivity index is 1.32. The zero-order valence-electron chi connectivity index (χ0n) is 17.9. The van der Waals surface area contributed by atoms with Crippen LogP contribution < -0.4 is 15.5 Å². The summed E-state index contributed by atoms with van der Waals surface area (Å²) in [5.41, 5.74) is 5.45. The number of rotatable bonds is 11. The minimum absolute atomic E-state index is 0.0655. The molecule has 170 valence electrons. The lowest BCUT2D eigenvalue weighted by Crippen LogP contribution is -2.28. The summed E-state index contributed by atoms with van der Waals surface area (Å²) in [6, 6.07) is 24.3. The molecule has 3 aromatic rings. The molecule has 8 heteroatoms. The Morgan fingerprint density at radius 1 is 0.909 bits per heavy atom. The number of hydrogen-bond acceptors (Lipinski definition) is 5. The first kappa shape index (κ1) is 24.4. The molecule has 2 amide bonds. The van der Waals surface area contributed by atoms with Crippen LogP contribution >= 0.6 is 23.4 Å². The molecule has 3 rings (SSSR count). The molecule has 0 atom stereocenters. The Morgan fingerprint density at radius 3 is 2.36 bits per heavy atom. The zero-order chi connectivity index (χ0) is 23.3. The second-order valence-electron chi connectivity index (χ2n) is 7.03. The van der Waals surface area contributed by atoms with E-state index in [1.54, 1.807) is 30.5 Å². The summed E-state index contributed by atoms with van der Waals surface area (Å²) in [6.07, 6.45) is 1.55. The third-order valence-electron chi connectivity index (χ3n) is 4.40. The van der Waals surface area contributed by atoms with E-state index in [2.05, 4.69) is 15.8 Å². The largest absolute Gasteiger partial charge is 0.484 e. The van der Waals surface area contributed by atoms with Gasteiger partial charge in [-0.05, 0) is 53.1 Å². The SMILES string of the molecule is O=C(COc1ccc(/C=N/NC(=O)CSCc2ccc(Cl)cc2)cc1)NCc1ccccc1. The molecule has 0 heterocycles. The smallest absolute Gasteiger partial charge is 0.258 e. The summed E-state index contributed by atoms with van der Waals surface area (Å²) >= 11 is 7.36. The van der Waals surface area contributed by atoms with Gasteiger partial charge in [0.1, 0.15) is 5.75 Å². The molecule has 0 saturated carbocycles. The van der Waals surface area contributed by atoms with Crippen LogP contribution in [0.1, 0.15) is 16.7 Å². The van der Waals surface area contributed by atoms with Crippen LogP contribution in [0.2, 0.25) is 5.02 Å². The third kappa shape index (κ3) is 9.39. The summed E-state index contributed by atoms with van der Waals surface area (Å²) in [6.45, 7) is 0.397. The number of thioether (sulfide) groups is 1. The molecule has 0 unspecified atom stereocenters. The number of carbonyl (C=O) groups is 2. The number of nitrogens with one attached hydrogen (secondary N) is 2. The highest BCUT2D eigenvalue weighted by molar-refractivity contribution is 7.99. The second kappa shape index (κ2) is 13.3. The van der Waals surface area contributed by atoms with Gasteiger partial charge in [0.2, 0.25) is 5.91 Å². The molecule has 3 aromatic carbocycles. The maximum absolute atomic E-state index is 11.9. The zero-order valence-corrected chi connectivity index (χ0v) is 19.4. The van der Waals surface area contributed by atoms with Crippen molar-refractivity contribution < 1.29 is 14.3 Å². The van der Waals surface area contributed by atoms with Gasteiger partial charge in [-0.25, -0.2) is 5.43 Å². The molecule has 0 aromatic heterocycles. The van der Waals surface area contributed by atoms with Gasteiger partial charge in [0.15, 0.2) is 6.61 Å². The summed E-state index contributed by atoms with van der Waals surface area (Å²) in [4.78, 5) is 23.8. The van der Waals surface area contributed by atoms with Crippen LogP contribution in [0.4, 0.5) is 0 Å². The molecule has 0 aliphatic rings. The molecule has 0 fully saturated rings. The number of halogens is 1. The van der Waals surface area contributed by atoms with Crippen molar-refractivity contribution >= 4 is 41.4 Å². The Hall–Kier alpha value is -3.29. The number of ether oxygens (including phenoxy) is 1. The van der Waals surface area contributed by atoms with Crippen molar-refractivity contribution in [3.63, 3.8) is 0 Å². The number of amides is 2. The van der Waals surface area contributed by atoms with E-state index in [-0.39, 0.29) is 18.4 Å². The van der Waals surface area contributed by atoms with Crippen LogP contribution in [0.25, 0.3) is 0 Å². The Morgan fingerprint density at radius 2 is 1.64 bits per heavy atom. The van der Waals surface area contributed by atoms with E-state index in [0.717, 1.165) is 22.4 Å². The van der Waals surface area contributed by atoms with Gasteiger partial charge in [-0.2, -0.15) is 5.10 Å². The van der Waals surface area contributed by atoms with E-state index in [1.165, 1.54) is 11.8 Å². The van der Waals surface area contributed by atoms with Crippen molar-refractivity contribution in [1.82, 2.24) is 10.7 Å². The van der Waals surface area contributed by atoms with Crippen molar-refractivity contribution in [2.75, 3.05) is 12.4 Å². The van der Waals surface area contributed by atoms with Gasteiger partial charge >= 0.3 is 0 Å². The lowest BCUT2D eigenvalue weighted by molar-refractivity contribution is -0.123. The highest BCUT2D eigenvalue weighted by atomic mass is 35.5. The van der Waals surface area contributed by atoms with Crippen LogP contribution in [0.15, 0.2) is 84.0 Å². The maximum atomic E-state index is 11.9. The molecular weight excluding hydrogens is 458 g/mol. The lowest BCUT2D eigenvalue weighted by Gasteiger charge is -2.08. The molecule has 0 saturated heterocycles. The highest BCUT2D eigenvalue weighted by Gasteiger charge is 2.03. The average molecular weight is 482 g/mol. The Labute approximate surface area is 202 Å². The van der Waals surface area contributed by atoms with Gasteiger partial charge in [0, 0.05) is 17.3 Å². The summed E-state index contributed by atoms with van der Waals surface area (Å²) < 4.78 is 5.50. The fourth-order valence-corrected chi connectivity index (χ4v) is 3.61. The number of nitrogens with zero attached hydrogens (tertiary/aromatic N) is 1. The van der Waals surface area contributed by atoms with Crippen molar-refractivity contribution in [2.24, 2.45) is 5.10 Å². The number of carbonyl (C=O) groups excluding carboxylic acids is 2. The maximum Gasteiger partial charge on any atom is 0.258 e. The second-order valence-corrected chi connectivity index (χ2v) is 8.45. The molecule has 6 nitrogen and oxygen atoms in total. The fraction of sp³-hybridized carbons (Fsp3) is 0.160. The predicted octanol–water partition coefficient (Wildman–Crippen LogP) is 4.42. The number of hydrogen-bond donors (Lipinski definition) is 2. The standard InChI is InChI=1S/C25H24ClN3O3S/c26-22-10-6-21(7-11-22)17-33-18-25(31)29-28-15-20-8-12-23(13-9-20)32-16-24(30)27-14-19-4-2-1-3-5-19/h1-13,15H,14,16-18H2,(H,27,30)(H,29,31)/b28-15+. The quantitative estimate of drug-likeness (QED) is 0.314. The van der Waals surface area contributed by atoms with Crippen LogP contribution in [-0.4, -0.2) is 30.4 Å². The first-order chi connectivity index (χ1) is 16.1. The van der Waals surface area contributed by atoms with E-state index in [9.17, 15) is 9.59 Å². The first-order valence-corrected chi connectivity index (χ1v) is 11.8. The van der Waals surface area contributed by atoms with E-state index in [4.69, 9.17) is 16.3 Å². The van der Waals surface area contributed by atoms with Gasteiger partial charge in [-0.15, -0.1) is 11.8 Å². The van der Waals surface area contributed by atoms with Gasteiger partial charge in [0.05, 0.1) is 12.0 Å². The fourth-order valence-electron chi connectivity index (χ4n) is 2.70. The van der Waals surface area contributed by atoms with E-state index >= 15 is 0 Å². The summed E-state index contributed by atoms with van der Waals surface area (Å²) in [5.74, 6) is 1.23. The molecule has 0 aliphatic carbocycles. The van der Waals surface area contributed by atoms with Crippen molar-refractivity contribution in [3.8, 4) is 5.75 Å². The van der Waals surface area contributed by atoms with Crippen LogP contribution in [0.5, 0.6) is 5.75 Å². The van der Waals surface area contributed by atoms with E-state index in [1.807, 2.05) is 54.6 Å². The Bertz CT molecular complexity index is 1060. The van der Waals surface area contributed by atoms with Crippen LogP contribution in [0, 0.1) is 0 Å². The van der Waals surface area contributed by atoms with E-state index in [0.29, 0.717) is 23.1 Å². The van der Waals surface area contributed by atoms with Crippen LogP contribution in [0.3, 0.4) is 0 Å². The summed E-state index contributed by atoms with van der Waals surface area (Å²) in [5, 5.41) is 7.48. The Kier molecular flexibility index (Phi) is 9.82. The number of hydrazone groups is 1. The van der Waals surface area contributed by atoms with Crippen molar-refractivity contribution in [2.45, 2.75) is 12.3 Å². The van der Waals surface area contributed by atoms with Crippen molar-refractivity contribution in [1.29, 1.82) is 0 Å².